The Bertz CT molecular complexity index is 419. The van der Waals surface area contributed by atoms with Crippen LogP contribution in [0, 0.1) is 11.7 Å². The van der Waals surface area contributed by atoms with Crippen molar-refractivity contribution in [1.29, 1.82) is 0 Å². The molecule has 1 heterocycles. The summed E-state index contributed by atoms with van der Waals surface area (Å²) in [5.74, 6) is 0.248. The van der Waals surface area contributed by atoms with Crippen molar-refractivity contribution >= 4 is 5.97 Å². The van der Waals surface area contributed by atoms with Crippen molar-refractivity contribution < 1.29 is 13.9 Å². The SMILES string of the molecule is COC(=O)CCC1CCN(Cc2ccc(F)cc2)C1. The molecule has 1 aromatic rings. The summed E-state index contributed by atoms with van der Waals surface area (Å²) in [6, 6.07) is 6.66. The number of rotatable bonds is 5. The van der Waals surface area contributed by atoms with E-state index in [0.717, 1.165) is 38.0 Å². The van der Waals surface area contributed by atoms with Crippen LogP contribution in [0.1, 0.15) is 24.8 Å². The fraction of sp³-hybridized carbons (Fsp3) is 0.533. The molecular formula is C15H20FNO2. The molecule has 1 fully saturated rings. The molecule has 0 spiro atoms. The third kappa shape index (κ3) is 4.31. The van der Waals surface area contributed by atoms with E-state index in [4.69, 9.17) is 0 Å². The maximum Gasteiger partial charge on any atom is 0.305 e. The molecule has 3 nitrogen and oxygen atoms in total. The zero-order valence-corrected chi connectivity index (χ0v) is 11.3. The summed E-state index contributed by atoms with van der Waals surface area (Å²) >= 11 is 0. The van der Waals surface area contributed by atoms with E-state index < -0.39 is 0 Å². The summed E-state index contributed by atoms with van der Waals surface area (Å²) in [6.07, 6.45) is 2.52. The number of hydrogen-bond donors (Lipinski definition) is 0. The number of nitrogens with zero attached hydrogens (tertiary/aromatic N) is 1. The number of methoxy groups -OCH3 is 1. The molecule has 0 radical (unpaired) electrons. The molecule has 1 aromatic carbocycles. The van der Waals surface area contributed by atoms with Gasteiger partial charge in [-0.2, -0.15) is 0 Å². The average Bonchev–Trinajstić information content (AvgIpc) is 2.86. The van der Waals surface area contributed by atoms with Gasteiger partial charge in [-0.15, -0.1) is 0 Å². The number of carbonyl (C=O) groups is 1. The zero-order chi connectivity index (χ0) is 13.7. The normalized spacial score (nSPS) is 19.6. The average molecular weight is 265 g/mol. The molecule has 0 saturated carbocycles. The van der Waals surface area contributed by atoms with Crippen LogP contribution in [0.4, 0.5) is 4.39 Å². The summed E-state index contributed by atoms with van der Waals surface area (Å²) in [6.45, 7) is 2.91. The van der Waals surface area contributed by atoms with Gasteiger partial charge in [0, 0.05) is 19.5 Å². The maximum absolute atomic E-state index is 12.8. The van der Waals surface area contributed by atoms with Crippen LogP contribution >= 0.6 is 0 Å². The topological polar surface area (TPSA) is 29.5 Å². The minimum Gasteiger partial charge on any atom is -0.469 e. The number of ether oxygens (including phenoxy) is 1. The molecule has 1 aliphatic heterocycles. The Morgan fingerprint density at radius 2 is 2.16 bits per heavy atom. The Morgan fingerprint density at radius 3 is 2.84 bits per heavy atom. The highest BCUT2D eigenvalue weighted by molar-refractivity contribution is 5.69. The summed E-state index contributed by atoms with van der Waals surface area (Å²) in [7, 11) is 1.43. The van der Waals surface area contributed by atoms with Crippen LogP contribution in [-0.4, -0.2) is 31.1 Å². The second kappa shape index (κ2) is 6.66. The molecule has 0 aliphatic carbocycles. The van der Waals surface area contributed by atoms with Gasteiger partial charge in [-0.25, -0.2) is 4.39 Å². The van der Waals surface area contributed by atoms with E-state index in [-0.39, 0.29) is 11.8 Å². The van der Waals surface area contributed by atoms with Crippen molar-refractivity contribution in [1.82, 2.24) is 4.90 Å². The van der Waals surface area contributed by atoms with Gasteiger partial charge in [0.1, 0.15) is 5.82 Å². The highest BCUT2D eigenvalue weighted by atomic mass is 19.1. The van der Waals surface area contributed by atoms with Gasteiger partial charge < -0.3 is 4.74 Å². The molecule has 4 heteroatoms. The van der Waals surface area contributed by atoms with Gasteiger partial charge in [0.15, 0.2) is 0 Å². The first kappa shape index (κ1) is 14.0. The van der Waals surface area contributed by atoms with E-state index in [1.54, 1.807) is 0 Å². The predicted molar refractivity (Wildman–Crippen MR) is 71.0 cm³/mol. The van der Waals surface area contributed by atoms with E-state index in [1.807, 2.05) is 12.1 Å². The Hall–Kier alpha value is -1.42. The van der Waals surface area contributed by atoms with Crippen molar-refractivity contribution in [3.8, 4) is 0 Å². The molecule has 2 rings (SSSR count). The van der Waals surface area contributed by atoms with Crippen LogP contribution in [0.2, 0.25) is 0 Å². The minimum atomic E-state index is -0.193. The van der Waals surface area contributed by atoms with Gasteiger partial charge in [-0.05, 0) is 43.0 Å². The number of hydrogen-bond acceptors (Lipinski definition) is 3. The van der Waals surface area contributed by atoms with Crippen molar-refractivity contribution in [3.63, 3.8) is 0 Å². The van der Waals surface area contributed by atoms with Crippen molar-refractivity contribution in [2.45, 2.75) is 25.8 Å². The fourth-order valence-electron chi connectivity index (χ4n) is 2.56. The van der Waals surface area contributed by atoms with Gasteiger partial charge in [0.25, 0.3) is 0 Å². The lowest BCUT2D eigenvalue weighted by Crippen LogP contribution is -2.20. The summed E-state index contributed by atoms with van der Waals surface area (Å²) in [4.78, 5) is 13.5. The molecule has 0 aromatic heterocycles. The second-order valence-electron chi connectivity index (χ2n) is 5.13. The van der Waals surface area contributed by atoms with Gasteiger partial charge in [0.05, 0.1) is 7.11 Å². The van der Waals surface area contributed by atoms with Crippen LogP contribution in [0.5, 0.6) is 0 Å². The Balaban J connectivity index is 1.75. The van der Waals surface area contributed by atoms with Gasteiger partial charge in [0.2, 0.25) is 0 Å². The largest absolute Gasteiger partial charge is 0.469 e. The first-order chi connectivity index (χ1) is 9.17. The minimum absolute atomic E-state index is 0.128. The molecule has 104 valence electrons. The first-order valence-electron chi connectivity index (χ1n) is 6.71. The molecule has 0 amide bonds. The quantitative estimate of drug-likeness (QED) is 0.766. The van der Waals surface area contributed by atoms with E-state index in [9.17, 15) is 9.18 Å². The Labute approximate surface area is 113 Å². The third-order valence-corrected chi connectivity index (χ3v) is 3.67. The lowest BCUT2D eigenvalue weighted by molar-refractivity contribution is -0.140. The van der Waals surface area contributed by atoms with E-state index in [0.29, 0.717) is 12.3 Å². The van der Waals surface area contributed by atoms with Crippen LogP contribution in [0.3, 0.4) is 0 Å². The maximum atomic E-state index is 12.8. The predicted octanol–water partition coefficient (Wildman–Crippen LogP) is 2.60. The van der Waals surface area contributed by atoms with E-state index >= 15 is 0 Å². The van der Waals surface area contributed by atoms with Gasteiger partial charge >= 0.3 is 5.97 Å². The smallest absolute Gasteiger partial charge is 0.305 e. The van der Waals surface area contributed by atoms with Crippen molar-refractivity contribution in [2.24, 2.45) is 5.92 Å². The molecule has 0 bridgehead atoms. The number of carbonyl (C=O) groups excluding carboxylic acids is 1. The number of benzene rings is 1. The number of likely N-dealkylation sites (tertiary alicyclic amines) is 1. The first-order valence-corrected chi connectivity index (χ1v) is 6.71. The summed E-state index contributed by atoms with van der Waals surface area (Å²) in [5, 5.41) is 0. The standard InChI is InChI=1S/C15H20FNO2/c1-19-15(18)7-4-13-8-9-17(11-13)10-12-2-5-14(16)6-3-12/h2-3,5-6,13H,4,7-11H2,1H3. The summed E-state index contributed by atoms with van der Waals surface area (Å²) < 4.78 is 17.5. The number of halogens is 1. The lowest BCUT2D eigenvalue weighted by Gasteiger charge is -2.16. The molecular weight excluding hydrogens is 245 g/mol. The highest BCUT2D eigenvalue weighted by Crippen LogP contribution is 2.22. The van der Waals surface area contributed by atoms with Crippen molar-refractivity contribution in [3.05, 3.63) is 35.6 Å². The van der Waals surface area contributed by atoms with E-state index in [1.165, 1.54) is 19.2 Å². The van der Waals surface area contributed by atoms with Crippen LogP contribution in [-0.2, 0) is 16.1 Å². The monoisotopic (exact) mass is 265 g/mol. The Kier molecular flexibility index (Phi) is 4.91. The molecule has 0 N–H and O–H groups in total. The second-order valence-corrected chi connectivity index (χ2v) is 5.13. The highest BCUT2D eigenvalue weighted by Gasteiger charge is 2.22. The molecule has 1 unspecified atom stereocenters. The van der Waals surface area contributed by atoms with Crippen molar-refractivity contribution in [2.75, 3.05) is 20.2 Å². The van der Waals surface area contributed by atoms with Crippen LogP contribution < -0.4 is 0 Å². The Morgan fingerprint density at radius 1 is 1.42 bits per heavy atom. The van der Waals surface area contributed by atoms with Crippen LogP contribution in [0.25, 0.3) is 0 Å². The van der Waals surface area contributed by atoms with Crippen LogP contribution in [0.15, 0.2) is 24.3 Å². The number of esters is 1. The zero-order valence-electron chi connectivity index (χ0n) is 11.3. The molecule has 1 atom stereocenters. The van der Waals surface area contributed by atoms with E-state index in [2.05, 4.69) is 9.64 Å². The molecule has 19 heavy (non-hydrogen) atoms. The molecule has 1 saturated heterocycles. The summed E-state index contributed by atoms with van der Waals surface area (Å²) in [5.41, 5.74) is 1.13. The van der Waals surface area contributed by atoms with Gasteiger partial charge in [-0.3, -0.25) is 9.69 Å². The van der Waals surface area contributed by atoms with Gasteiger partial charge in [-0.1, -0.05) is 12.1 Å². The molecule has 1 aliphatic rings. The lowest BCUT2D eigenvalue weighted by atomic mass is 10.0. The fourth-order valence-corrected chi connectivity index (χ4v) is 2.56. The third-order valence-electron chi connectivity index (χ3n) is 3.67.